The minimum Gasteiger partial charge on any atom is -0.491 e. The van der Waals surface area contributed by atoms with Crippen molar-refractivity contribution < 1.29 is 23.4 Å². The zero-order valence-corrected chi connectivity index (χ0v) is 28.1. The molecular formula is C33H29ClFIN2O5S. The monoisotopic (exact) mass is 746 g/mol. The molecule has 0 saturated carbocycles. The largest absolute Gasteiger partial charge is 0.491 e. The number of ether oxygens (including phenoxy) is 3. The molecule has 2 heterocycles. The number of rotatable bonds is 9. The zero-order chi connectivity index (χ0) is 31.5. The predicted octanol–water partition coefficient (Wildman–Crippen LogP) is 6.56. The number of benzene rings is 3. The van der Waals surface area contributed by atoms with Gasteiger partial charge in [-0.25, -0.2) is 14.2 Å². The number of carbonyl (C=O) groups is 1. The van der Waals surface area contributed by atoms with Crippen LogP contribution in [-0.4, -0.2) is 23.2 Å². The Morgan fingerprint density at radius 3 is 2.61 bits per heavy atom. The Kier molecular flexibility index (Phi) is 9.91. The van der Waals surface area contributed by atoms with Crippen LogP contribution in [0.5, 0.6) is 11.5 Å². The lowest BCUT2D eigenvalue weighted by molar-refractivity contribution is -0.139. The predicted molar refractivity (Wildman–Crippen MR) is 178 cm³/mol. The van der Waals surface area contributed by atoms with Crippen molar-refractivity contribution in [2.75, 3.05) is 6.61 Å². The van der Waals surface area contributed by atoms with Crippen molar-refractivity contribution >= 4 is 57.6 Å². The number of carbonyl (C=O) groups excluding carboxylic acids is 1. The van der Waals surface area contributed by atoms with E-state index in [2.05, 4.69) is 27.6 Å². The molecule has 0 radical (unpaired) electrons. The fraction of sp³-hybridized carbons (Fsp3) is 0.242. The van der Waals surface area contributed by atoms with Gasteiger partial charge >= 0.3 is 5.97 Å². The third-order valence-corrected chi connectivity index (χ3v) is 8.72. The van der Waals surface area contributed by atoms with Gasteiger partial charge in [-0.15, -0.1) is 0 Å². The minimum absolute atomic E-state index is 0.137. The molecule has 1 aliphatic heterocycles. The molecule has 228 valence electrons. The smallest absolute Gasteiger partial charge is 0.338 e. The summed E-state index contributed by atoms with van der Waals surface area (Å²) in [6, 6.07) is 16.1. The van der Waals surface area contributed by atoms with E-state index in [0.29, 0.717) is 42.7 Å². The second-order valence-electron chi connectivity index (χ2n) is 10.2. The molecule has 0 aliphatic carbocycles. The van der Waals surface area contributed by atoms with Crippen LogP contribution in [0.2, 0.25) is 5.02 Å². The number of allylic oxidation sites excluding steroid dienone is 1. The van der Waals surface area contributed by atoms with Crippen LogP contribution < -0.4 is 24.4 Å². The number of esters is 1. The van der Waals surface area contributed by atoms with Gasteiger partial charge in [-0.1, -0.05) is 53.3 Å². The summed E-state index contributed by atoms with van der Waals surface area (Å²) in [6.45, 7) is 7.66. The molecule has 0 N–H and O–H groups in total. The Labute approximate surface area is 276 Å². The number of thiazole rings is 1. The summed E-state index contributed by atoms with van der Waals surface area (Å²) in [6.07, 6.45) is 1.58. The van der Waals surface area contributed by atoms with E-state index in [9.17, 15) is 14.0 Å². The lowest BCUT2D eigenvalue weighted by Crippen LogP contribution is -2.40. The second-order valence-corrected chi connectivity index (χ2v) is 12.8. The molecule has 4 aromatic rings. The number of nitrogens with zero attached hydrogens (tertiary/aromatic N) is 2. The minimum atomic E-state index is -0.823. The Morgan fingerprint density at radius 2 is 1.91 bits per heavy atom. The quantitative estimate of drug-likeness (QED) is 0.143. The van der Waals surface area contributed by atoms with Crippen molar-refractivity contribution in [3.63, 3.8) is 0 Å². The number of fused-ring (bicyclic) bond motifs is 1. The maximum atomic E-state index is 14.2. The van der Waals surface area contributed by atoms with Crippen molar-refractivity contribution in [1.82, 2.24) is 4.57 Å². The third kappa shape index (κ3) is 6.77. The van der Waals surface area contributed by atoms with Crippen molar-refractivity contribution in [2.45, 2.75) is 46.4 Å². The summed E-state index contributed by atoms with van der Waals surface area (Å²) in [5.74, 6) is 0.206. The molecular weight excluding hydrogens is 718 g/mol. The Morgan fingerprint density at radius 1 is 1.18 bits per heavy atom. The number of hydrogen-bond donors (Lipinski definition) is 0. The van der Waals surface area contributed by atoms with E-state index in [4.69, 9.17) is 25.8 Å². The van der Waals surface area contributed by atoms with Gasteiger partial charge in [0.15, 0.2) is 4.80 Å². The highest BCUT2D eigenvalue weighted by atomic mass is 127. The van der Waals surface area contributed by atoms with Crippen LogP contribution in [0.4, 0.5) is 4.39 Å². The maximum Gasteiger partial charge on any atom is 0.338 e. The van der Waals surface area contributed by atoms with Gasteiger partial charge in [0.25, 0.3) is 5.56 Å². The van der Waals surface area contributed by atoms with E-state index in [1.54, 1.807) is 44.2 Å². The van der Waals surface area contributed by atoms with Crippen molar-refractivity contribution in [3.05, 3.63) is 123 Å². The molecule has 1 atom stereocenters. The van der Waals surface area contributed by atoms with Crippen LogP contribution in [0.3, 0.4) is 0 Å². The molecule has 0 unspecified atom stereocenters. The molecule has 0 spiro atoms. The molecule has 44 heavy (non-hydrogen) atoms. The SMILES string of the molecule is CCOC(=O)C1=C(C)N=c2s/c(=C\c3cc(Cl)cc(I)c3OCc3ccc(F)cc3)c(=O)n2[C@@H]1c1ccccc1OC(C)C. The van der Waals surface area contributed by atoms with E-state index < -0.39 is 12.0 Å². The summed E-state index contributed by atoms with van der Waals surface area (Å²) in [7, 11) is 0. The third-order valence-electron chi connectivity index (χ3n) is 6.71. The van der Waals surface area contributed by atoms with Crippen LogP contribution in [0.15, 0.2) is 81.7 Å². The maximum absolute atomic E-state index is 14.2. The van der Waals surface area contributed by atoms with Gasteiger partial charge in [0.05, 0.1) is 32.1 Å². The molecule has 0 fully saturated rings. The fourth-order valence-electron chi connectivity index (χ4n) is 4.87. The first-order valence-electron chi connectivity index (χ1n) is 13.9. The molecule has 5 rings (SSSR count). The van der Waals surface area contributed by atoms with Gasteiger partial charge in [0, 0.05) is 16.1 Å². The summed E-state index contributed by atoms with van der Waals surface area (Å²) in [5.41, 5.74) is 2.41. The van der Waals surface area contributed by atoms with Gasteiger partial charge in [0.2, 0.25) is 0 Å². The summed E-state index contributed by atoms with van der Waals surface area (Å²) < 4.78 is 33.8. The lowest BCUT2D eigenvalue weighted by atomic mass is 9.95. The highest BCUT2D eigenvalue weighted by molar-refractivity contribution is 14.1. The first kappa shape index (κ1) is 31.9. The van der Waals surface area contributed by atoms with Crippen LogP contribution in [0.1, 0.15) is 50.4 Å². The molecule has 7 nitrogen and oxygen atoms in total. The zero-order valence-electron chi connectivity index (χ0n) is 24.4. The normalized spacial score (nSPS) is 14.8. The molecule has 0 bridgehead atoms. The van der Waals surface area contributed by atoms with Gasteiger partial charge in [0.1, 0.15) is 30.0 Å². The number of aromatic nitrogens is 1. The number of halogens is 3. The molecule has 3 aromatic carbocycles. The van der Waals surface area contributed by atoms with Crippen molar-refractivity contribution in [1.29, 1.82) is 0 Å². The summed E-state index contributed by atoms with van der Waals surface area (Å²) >= 11 is 9.77. The summed E-state index contributed by atoms with van der Waals surface area (Å²) in [5, 5.41) is 0.473. The van der Waals surface area contributed by atoms with Crippen LogP contribution in [0.25, 0.3) is 6.08 Å². The van der Waals surface area contributed by atoms with Crippen LogP contribution in [-0.2, 0) is 16.1 Å². The van der Waals surface area contributed by atoms with Crippen LogP contribution >= 0.6 is 45.5 Å². The van der Waals surface area contributed by atoms with Crippen molar-refractivity contribution in [3.8, 4) is 11.5 Å². The van der Waals surface area contributed by atoms with E-state index in [1.807, 2.05) is 38.1 Å². The first-order chi connectivity index (χ1) is 21.1. The molecule has 11 heteroatoms. The van der Waals surface area contributed by atoms with Gasteiger partial charge in [-0.2, -0.15) is 0 Å². The van der Waals surface area contributed by atoms with E-state index >= 15 is 0 Å². The van der Waals surface area contributed by atoms with Gasteiger partial charge in [-0.05, 0) is 92.3 Å². The fourth-order valence-corrected chi connectivity index (χ4v) is 7.12. The van der Waals surface area contributed by atoms with Gasteiger partial charge in [-0.3, -0.25) is 9.36 Å². The molecule has 1 aliphatic rings. The highest BCUT2D eigenvalue weighted by Gasteiger charge is 2.35. The molecule has 0 amide bonds. The Bertz CT molecular complexity index is 1930. The molecule has 0 saturated heterocycles. The number of para-hydroxylation sites is 1. The summed E-state index contributed by atoms with van der Waals surface area (Å²) in [4.78, 5) is 32.6. The molecule has 1 aromatic heterocycles. The topological polar surface area (TPSA) is 79.1 Å². The lowest BCUT2D eigenvalue weighted by Gasteiger charge is -2.26. The Balaban J connectivity index is 1.67. The first-order valence-corrected chi connectivity index (χ1v) is 16.2. The van der Waals surface area contributed by atoms with E-state index in [-0.39, 0.29) is 36.3 Å². The average molecular weight is 747 g/mol. The van der Waals surface area contributed by atoms with E-state index in [0.717, 1.165) is 9.13 Å². The van der Waals surface area contributed by atoms with Crippen LogP contribution in [0, 0.1) is 9.39 Å². The number of hydrogen-bond acceptors (Lipinski definition) is 7. The average Bonchev–Trinajstić information content (AvgIpc) is 3.26. The second kappa shape index (κ2) is 13.7. The standard InChI is InChI=1S/C33H29ClFIN2O5S/c1-5-41-32(40)28-19(4)37-33-38(29(28)24-8-6-7-9-26(24)43-18(2)3)31(39)27(44-33)15-21-14-22(34)16-25(36)30(21)42-17-20-10-12-23(35)13-11-20/h6-16,18,29H,5,17H2,1-4H3/b27-15-/t29-/m1/s1. The highest BCUT2D eigenvalue weighted by Crippen LogP contribution is 2.36. The van der Waals surface area contributed by atoms with Crippen molar-refractivity contribution in [2.24, 2.45) is 4.99 Å². The Hall–Kier alpha value is -3.48. The van der Waals surface area contributed by atoms with Gasteiger partial charge < -0.3 is 14.2 Å². The van der Waals surface area contributed by atoms with E-state index in [1.165, 1.54) is 28.0 Å².